The highest BCUT2D eigenvalue weighted by Gasteiger charge is 1.83. The van der Waals surface area contributed by atoms with E-state index in [-0.39, 0.29) is 0 Å². The summed E-state index contributed by atoms with van der Waals surface area (Å²) in [6.45, 7) is 0. The van der Waals surface area contributed by atoms with E-state index in [9.17, 15) is 0 Å². The molecule has 0 unspecified atom stereocenters. The number of rotatable bonds is 0. The Kier molecular flexibility index (Phi) is 5.35. The first-order valence-electron chi connectivity index (χ1n) is 4.85. The van der Waals surface area contributed by atoms with Crippen LogP contribution in [0.15, 0.2) is 30.4 Å². The summed E-state index contributed by atoms with van der Waals surface area (Å²) in [4.78, 5) is 0. The van der Waals surface area contributed by atoms with Gasteiger partial charge in [0.05, 0.1) is 0 Å². The van der Waals surface area contributed by atoms with Crippen LogP contribution in [0.5, 0.6) is 0 Å². The molecule has 0 fully saturated rings. The first kappa shape index (κ1) is 9.31. The molecule has 1 aliphatic carbocycles. The Morgan fingerprint density at radius 1 is 0.833 bits per heavy atom. The van der Waals surface area contributed by atoms with Crippen molar-refractivity contribution in [3.8, 4) is 0 Å². The van der Waals surface area contributed by atoms with Crippen LogP contribution in [0.4, 0.5) is 0 Å². The van der Waals surface area contributed by atoms with Crippen molar-refractivity contribution in [2.45, 2.75) is 38.5 Å². The van der Waals surface area contributed by atoms with Crippen LogP contribution >= 0.6 is 0 Å². The third-order valence-electron chi connectivity index (χ3n) is 1.92. The Labute approximate surface area is 75.7 Å². The Hall–Kier alpha value is -0.780. The Bertz CT molecular complexity index is 172. The van der Waals surface area contributed by atoms with Crippen LogP contribution < -0.4 is 0 Å². The second-order valence-electron chi connectivity index (χ2n) is 3.06. The monoisotopic (exact) mass is 161 g/mol. The van der Waals surface area contributed by atoms with Crippen LogP contribution in [0.2, 0.25) is 0 Å². The average Bonchev–Trinajstić information content (AvgIpc) is 2.05. The third kappa shape index (κ3) is 4.95. The lowest BCUT2D eigenvalue weighted by atomic mass is 10.1. The number of allylic oxidation sites excluding steroid dienone is 6. The Morgan fingerprint density at radius 3 is 2.50 bits per heavy atom. The second kappa shape index (κ2) is 6.90. The molecule has 12 heavy (non-hydrogen) atoms. The second-order valence-corrected chi connectivity index (χ2v) is 3.06. The van der Waals surface area contributed by atoms with E-state index in [1.54, 1.807) is 0 Å². The van der Waals surface area contributed by atoms with Gasteiger partial charge >= 0.3 is 0 Å². The van der Waals surface area contributed by atoms with Gasteiger partial charge in [-0.05, 0) is 44.6 Å². The zero-order valence-corrected chi connectivity index (χ0v) is 7.63. The van der Waals surface area contributed by atoms with Crippen molar-refractivity contribution in [2.24, 2.45) is 0 Å². The zero-order valence-electron chi connectivity index (χ0n) is 7.63. The molecule has 1 rings (SSSR count). The molecule has 0 spiro atoms. The summed E-state index contributed by atoms with van der Waals surface area (Å²) < 4.78 is 0. The summed E-state index contributed by atoms with van der Waals surface area (Å²) in [6, 6.07) is 0. The van der Waals surface area contributed by atoms with Gasteiger partial charge in [0, 0.05) is 0 Å². The van der Waals surface area contributed by atoms with Gasteiger partial charge in [0.2, 0.25) is 0 Å². The van der Waals surface area contributed by atoms with Gasteiger partial charge in [-0.3, -0.25) is 0 Å². The normalized spacial score (nSPS) is 28.0. The highest BCUT2D eigenvalue weighted by atomic mass is 13.9. The first-order valence-corrected chi connectivity index (χ1v) is 4.85. The maximum Gasteiger partial charge on any atom is -0.0163 e. The fraction of sp³-hybridized carbons (Fsp3) is 0.500. The molecule has 0 atom stereocenters. The zero-order chi connectivity index (χ0) is 8.49. The highest BCUT2D eigenvalue weighted by molar-refractivity contribution is 4.93. The predicted octanol–water partition coefficient (Wildman–Crippen LogP) is 3.81. The largest absolute Gasteiger partial charge is 0.0885 e. The van der Waals surface area contributed by atoms with E-state index >= 15 is 0 Å². The van der Waals surface area contributed by atoms with E-state index in [4.69, 9.17) is 0 Å². The van der Waals surface area contributed by atoms with Crippen LogP contribution in [-0.2, 0) is 0 Å². The van der Waals surface area contributed by atoms with Crippen molar-refractivity contribution >= 4 is 0 Å². The summed E-state index contributed by atoms with van der Waals surface area (Å²) >= 11 is 0. The van der Waals surface area contributed by atoms with Gasteiger partial charge in [-0.15, -0.1) is 0 Å². The fourth-order valence-corrected chi connectivity index (χ4v) is 1.22. The van der Waals surface area contributed by atoms with E-state index < -0.39 is 0 Å². The van der Waals surface area contributed by atoms with E-state index in [0.717, 1.165) is 12.8 Å². The molecule has 0 saturated heterocycles. The molecule has 0 amide bonds. The summed E-state index contributed by atoms with van der Waals surface area (Å²) in [6.07, 6.45) is 21.5. The summed E-state index contributed by atoms with van der Waals surface area (Å²) in [5.74, 6) is 0. The molecule has 0 nitrogen and oxygen atoms in total. The van der Waals surface area contributed by atoms with Gasteiger partial charge in [0.25, 0.3) is 0 Å². The van der Waals surface area contributed by atoms with Crippen molar-refractivity contribution in [2.75, 3.05) is 0 Å². The van der Waals surface area contributed by atoms with Crippen molar-refractivity contribution in [1.82, 2.24) is 0 Å². The van der Waals surface area contributed by atoms with Gasteiger partial charge < -0.3 is 0 Å². The van der Waals surface area contributed by atoms with E-state index in [1.807, 2.05) is 0 Å². The molecule has 65 valence electrons. The Morgan fingerprint density at radius 2 is 1.58 bits per heavy atom. The fourth-order valence-electron chi connectivity index (χ4n) is 1.22. The smallest absolute Gasteiger partial charge is 0.0163 e. The molecule has 0 bridgehead atoms. The quantitative estimate of drug-likeness (QED) is 0.474. The Balaban J connectivity index is 2.30. The molecule has 1 radical (unpaired) electrons. The third-order valence-corrected chi connectivity index (χ3v) is 1.92. The molecule has 0 saturated carbocycles. The minimum absolute atomic E-state index is 1.06. The number of hydrogen-bond donors (Lipinski definition) is 0. The van der Waals surface area contributed by atoms with Gasteiger partial charge in [-0.2, -0.15) is 0 Å². The topological polar surface area (TPSA) is 0 Å². The molecule has 0 aromatic carbocycles. The average molecular weight is 161 g/mol. The predicted molar refractivity (Wildman–Crippen MR) is 53.8 cm³/mol. The van der Waals surface area contributed by atoms with Crippen molar-refractivity contribution < 1.29 is 0 Å². The van der Waals surface area contributed by atoms with E-state index in [1.165, 1.54) is 25.7 Å². The lowest BCUT2D eigenvalue weighted by molar-refractivity contribution is 0.845. The van der Waals surface area contributed by atoms with Crippen molar-refractivity contribution in [3.63, 3.8) is 0 Å². The molecule has 0 aromatic heterocycles. The van der Waals surface area contributed by atoms with Gasteiger partial charge in [0.15, 0.2) is 0 Å². The highest BCUT2D eigenvalue weighted by Crippen LogP contribution is 2.02. The van der Waals surface area contributed by atoms with Gasteiger partial charge in [-0.25, -0.2) is 0 Å². The summed E-state index contributed by atoms with van der Waals surface area (Å²) in [5, 5.41) is 0. The molecule has 0 aromatic rings. The van der Waals surface area contributed by atoms with Crippen molar-refractivity contribution in [3.05, 3.63) is 36.5 Å². The minimum atomic E-state index is 1.06. The standard InChI is InChI=1S/C12H17/c1-2-4-6-8-10-12-11-9-7-5-3-1/h1-2,5,8,10H,3-4,6,9,11-12H2/b2-1-,7-5?,10-8-. The molecule has 0 heteroatoms. The molecular formula is C12H17. The SMILES string of the molecule is [C]1=C/C/C=C\CC/C=C\CCC/1. The van der Waals surface area contributed by atoms with Crippen molar-refractivity contribution in [1.29, 1.82) is 0 Å². The lowest BCUT2D eigenvalue weighted by Crippen LogP contribution is -1.73. The van der Waals surface area contributed by atoms with Crippen LogP contribution in [0.25, 0.3) is 0 Å². The number of hydrogen-bond acceptors (Lipinski definition) is 0. The molecule has 1 aliphatic rings. The molecule has 0 N–H and O–H groups in total. The van der Waals surface area contributed by atoms with Gasteiger partial charge in [0.1, 0.15) is 0 Å². The van der Waals surface area contributed by atoms with E-state index in [0.29, 0.717) is 0 Å². The van der Waals surface area contributed by atoms with Gasteiger partial charge in [-0.1, -0.05) is 30.4 Å². The molecule has 0 aliphatic heterocycles. The summed E-state index contributed by atoms with van der Waals surface area (Å²) in [5.41, 5.74) is 0. The first-order chi connectivity index (χ1) is 6.00. The maximum atomic E-state index is 3.29. The maximum absolute atomic E-state index is 3.29. The van der Waals surface area contributed by atoms with E-state index in [2.05, 4.69) is 36.5 Å². The van der Waals surface area contributed by atoms with Crippen LogP contribution in [-0.4, -0.2) is 0 Å². The lowest BCUT2D eigenvalue weighted by Gasteiger charge is -1.92. The van der Waals surface area contributed by atoms with Crippen LogP contribution in [0.1, 0.15) is 38.5 Å². The molecular weight excluding hydrogens is 144 g/mol. The molecule has 0 heterocycles. The van der Waals surface area contributed by atoms with Crippen LogP contribution in [0, 0.1) is 6.08 Å². The van der Waals surface area contributed by atoms with Crippen LogP contribution in [0.3, 0.4) is 0 Å². The summed E-state index contributed by atoms with van der Waals surface area (Å²) in [7, 11) is 0. The minimum Gasteiger partial charge on any atom is -0.0885 e.